The molecule has 0 bridgehead atoms. The molecule has 0 spiro atoms. The van der Waals surface area contributed by atoms with Gasteiger partial charge in [0.05, 0.1) is 6.54 Å². The highest BCUT2D eigenvalue weighted by atomic mass is 19.1. The minimum Gasteiger partial charge on any atom is -0.492 e. The Labute approximate surface area is 139 Å². The molecule has 0 radical (unpaired) electrons. The van der Waals surface area contributed by atoms with Crippen LogP contribution >= 0.6 is 0 Å². The number of rotatable bonds is 8. The van der Waals surface area contributed by atoms with E-state index in [-0.39, 0.29) is 30.6 Å². The summed E-state index contributed by atoms with van der Waals surface area (Å²) in [6.07, 6.45) is -0.383. The van der Waals surface area contributed by atoms with Gasteiger partial charge in [-0.1, -0.05) is 19.1 Å². The fourth-order valence-corrected chi connectivity index (χ4v) is 2.00. The first-order valence-electron chi connectivity index (χ1n) is 7.67. The van der Waals surface area contributed by atoms with E-state index >= 15 is 0 Å². The summed E-state index contributed by atoms with van der Waals surface area (Å²) in [5.41, 5.74) is 0. The molecule has 1 atom stereocenters. The lowest BCUT2D eigenvalue weighted by molar-refractivity contribution is -0.128. The van der Waals surface area contributed by atoms with Gasteiger partial charge in [0.2, 0.25) is 0 Å². The number of carbonyl (C=O) groups is 1. The van der Waals surface area contributed by atoms with Gasteiger partial charge in [0.25, 0.3) is 5.91 Å². The second-order valence-corrected chi connectivity index (χ2v) is 5.04. The van der Waals surface area contributed by atoms with Crippen molar-refractivity contribution in [3.05, 3.63) is 60.2 Å². The number of amides is 1. The Morgan fingerprint density at radius 2 is 1.83 bits per heavy atom. The Morgan fingerprint density at radius 1 is 1.12 bits per heavy atom. The van der Waals surface area contributed by atoms with Gasteiger partial charge >= 0.3 is 0 Å². The van der Waals surface area contributed by atoms with Crippen molar-refractivity contribution >= 4 is 5.91 Å². The summed E-state index contributed by atoms with van der Waals surface area (Å²) in [4.78, 5) is 12.1. The maximum atomic E-state index is 13.6. The van der Waals surface area contributed by atoms with Crippen molar-refractivity contribution in [1.29, 1.82) is 0 Å². The van der Waals surface area contributed by atoms with E-state index in [4.69, 9.17) is 9.47 Å². The van der Waals surface area contributed by atoms with E-state index in [1.54, 1.807) is 19.1 Å². The first-order chi connectivity index (χ1) is 11.6. The first kappa shape index (κ1) is 17.7. The van der Waals surface area contributed by atoms with E-state index in [0.717, 1.165) is 0 Å². The number of ether oxygens (including phenoxy) is 2. The molecule has 0 aliphatic carbocycles. The van der Waals surface area contributed by atoms with Crippen LogP contribution in [-0.2, 0) is 4.79 Å². The zero-order valence-corrected chi connectivity index (χ0v) is 13.3. The number of benzene rings is 2. The lowest BCUT2D eigenvalue weighted by Gasteiger charge is -2.17. The van der Waals surface area contributed by atoms with Crippen LogP contribution in [0.15, 0.2) is 48.5 Å². The van der Waals surface area contributed by atoms with Crippen LogP contribution in [0, 0.1) is 11.6 Å². The van der Waals surface area contributed by atoms with Gasteiger partial charge in [0.1, 0.15) is 18.2 Å². The van der Waals surface area contributed by atoms with E-state index in [9.17, 15) is 13.6 Å². The standard InChI is InChI=1S/C18H19F2NO3/c1-2-16(24-17-6-4-3-5-15(17)20)18(22)21-11-12-23-14-9-7-13(19)8-10-14/h3-10,16H,2,11-12H2,1H3,(H,21,22)/t16-/m1/s1. The average molecular weight is 335 g/mol. The molecule has 0 aromatic heterocycles. The molecular weight excluding hydrogens is 316 g/mol. The van der Waals surface area contributed by atoms with Crippen molar-refractivity contribution < 1.29 is 23.0 Å². The molecule has 0 aliphatic heterocycles. The number of hydrogen-bond acceptors (Lipinski definition) is 3. The third-order valence-corrected chi connectivity index (χ3v) is 3.25. The molecule has 6 heteroatoms. The van der Waals surface area contributed by atoms with E-state index in [0.29, 0.717) is 12.2 Å². The van der Waals surface area contributed by atoms with Gasteiger partial charge in [0, 0.05) is 0 Å². The SMILES string of the molecule is CC[C@@H](Oc1ccccc1F)C(=O)NCCOc1ccc(F)cc1. The van der Waals surface area contributed by atoms with Crippen LogP contribution < -0.4 is 14.8 Å². The van der Waals surface area contributed by atoms with Crippen molar-refractivity contribution in [2.45, 2.75) is 19.4 Å². The summed E-state index contributed by atoms with van der Waals surface area (Å²) in [5, 5.41) is 2.67. The molecule has 1 amide bonds. The minimum atomic E-state index is -0.785. The zero-order valence-electron chi connectivity index (χ0n) is 13.3. The Kier molecular flexibility index (Phi) is 6.54. The highest BCUT2D eigenvalue weighted by molar-refractivity contribution is 5.81. The molecule has 2 aromatic carbocycles. The predicted molar refractivity (Wildman–Crippen MR) is 86.0 cm³/mol. The van der Waals surface area contributed by atoms with Gasteiger partial charge < -0.3 is 14.8 Å². The van der Waals surface area contributed by atoms with Gasteiger partial charge in [0.15, 0.2) is 17.7 Å². The number of halogens is 2. The molecule has 0 fully saturated rings. The van der Waals surface area contributed by atoms with Gasteiger partial charge in [-0.15, -0.1) is 0 Å². The molecule has 0 aliphatic rings. The molecule has 0 saturated heterocycles. The van der Waals surface area contributed by atoms with Crippen molar-refractivity contribution in [1.82, 2.24) is 5.32 Å². The van der Waals surface area contributed by atoms with E-state index < -0.39 is 11.9 Å². The van der Waals surface area contributed by atoms with Crippen LogP contribution in [0.2, 0.25) is 0 Å². The van der Waals surface area contributed by atoms with Gasteiger partial charge in [-0.25, -0.2) is 8.78 Å². The van der Waals surface area contributed by atoms with Crippen LogP contribution in [-0.4, -0.2) is 25.2 Å². The molecular formula is C18H19F2NO3. The Balaban J connectivity index is 1.77. The normalized spacial score (nSPS) is 11.6. The lowest BCUT2D eigenvalue weighted by Crippen LogP contribution is -2.39. The Hall–Kier alpha value is -2.63. The Morgan fingerprint density at radius 3 is 2.50 bits per heavy atom. The van der Waals surface area contributed by atoms with Crippen LogP contribution in [0.5, 0.6) is 11.5 Å². The fourth-order valence-electron chi connectivity index (χ4n) is 2.00. The molecule has 128 valence electrons. The molecule has 2 aromatic rings. The van der Waals surface area contributed by atoms with Crippen molar-refractivity contribution in [2.75, 3.05) is 13.2 Å². The molecule has 4 nitrogen and oxygen atoms in total. The third-order valence-electron chi connectivity index (χ3n) is 3.25. The third kappa shape index (κ3) is 5.22. The number of hydrogen-bond donors (Lipinski definition) is 1. The molecule has 0 saturated carbocycles. The lowest BCUT2D eigenvalue weighted by atomic mass is 10.2. The number of carbonyl (C=O) groups excluding carboxylic acids is 1. The maximum absolute atomic E-state index is 13.6. The van der Waals surface area contributed by atoms with E-state index in [1.165, 1.54) is 36.4 Å². The van der Waals surface area contributed by atoms with Gasteiger partial charge in [-0.3, -0.25) is 4.79 Å². The largest absolute Gasteiger partial charge is 0.492 e. The predicted octanol–water partition coefficient (Wildman–Crippen LogP) is 3.32. The number of para-hydroxylation sites is 1. The van der Waals surface area contributed by atoms with Crippen molar-refractivity contribution in [3.8, 4) is 11.5 Å². The first-order valence-corrected chi connectivity index (χ1v) is 7.67. The second-order valence-electron chi connectivity index (χ2n) is 5.04. The van der Waals surface area contributed by atoms with Crippen molar-refractivity contribution in [2.24, 2.45) is 0 Å². The van der Waals surface area contributed by atoms with Crippen LogP contribution in [0.4, 0.5) is 8.78 Å². The summed E-state index contributed by atoms with van der Waals surface area (Å²) in [5.74, 6) is -0.638. The Bertz CT molecular complexity index is 662. The molecule has 24 heavy (non-hydrogen) atoms. The molecule has 1 N–H and O–H groups in total. The summed E-state index contributed by atoms with van der Waals surface area (Å²) in [7, 11) is 0. The van der Waals surface area contributed by atoms with Crippen LogP contribution in [0.25, 0.3) is 0 Å². The van der Waals surface area contributed by atoms with Crippen molar-refractivity contribution in [3.63, 3.8) is 0 Å². The summed E-state index contributed by atoms with van der Waals surface area (Å²) >= 11 is 0. The molecule has 2 rings (SSSR count). The summed E-state index contributed by atoms with van der Waals surface area (Å²) in [6.45, 7) is 2.26. The topological polar surface area (TPSA) is 47.6 Å². The average Bonchev–Trinajstić information content (AvgIpc) is 2.59. The van der Waals surface area contributed by atoms with Crippen LogP contribution in [0.3, 0.4) is 0 Å². The van der Waals surface area contributed by atoms with E-state index in [1.807, 2.05) is 0 Å². The monoisotopic (exact) mass is 335 g/mol. The highest BCUT2D eigenvalue weighted by Gasteiger charge is 2.19. The second kappa shape index (κ2) is 8.86. The minimum absolute atomic E-state index is 0.0436. The fraction of sp³-hybridized carbons (Fsp3) is 0.278. The highest BCUT2D eigenvalue weighted by Crippen LogP contribution is 2.18. The van der Waals surface area contributed by atoms with Crippen LogP contribution in [0.1, 0.15) is 13.3 Å². The van der Waals surface area contributed by atoms with Gasteiger partial charge in [-0.05, 0) is 42.8 Å². The van der Waals surface area contributed by atoms with E-state index in [2.05, 4.69) is 5.32 Å². The van der Waals surface area contributed by atoms with Gasteiger partial charge in [-0.2, -0.15) is 0 Å². The summed E-state index contributed by atoms with van der Waals surface area (Å²) < 4.78 is 37.1. The smallest absolute Gasteiger partial charge is 0.261 e. The zero-order chi connectivity index (χ0) is 17.4. The molecule has 0 heterocycles. The summed E-state index contributed by atoms with van der Waals surface area (Å²) in [6, 6.07) is 11.5. The number of nitrogens with one attached hydrogen (secondary N) is 1. The molecule has 0 unspecified atom stereocenters. The quantitative estimate of drug-likeness (QED) is 0.753. The maximum Gasteiger partial charge on any atom is 0.261 e.